The van der Waals surface area contributed by atoms with E-state index in [9.17, 15) is 14.9 Å². The summed E-state index contributed by atoms with van der Waals surface area (Å²) in [6.07, 6.45) is 2.26. The fourth-order valence-corrected chi connectivity index (χ4v) is 3.55. The first-order chi connectivity index (χ1) is 10.7. The van der Waals surface area contributed by atoms with Crippen LogP contribution in [0.15, 0.2) is 30.5 Å². The summed E-state index contributed by atoms with van der Waals surface area (Å²) in [5, 5.41) is 10.3. The van der Waals surface area contributed by atoms with E-state index in [0.717, 1.165) is 16.6 Å². The van der Waals surface area contributed by atoms with Crippen LogP contribution in [0.25, 0.3) is 10.9 Å². The summed E-state index contributed by atoms with van der Waals surface area (Å²) >= 11 is 0. The number of anilines is 1. The molecule has 1 saturated heterocycles. The number of hydrogen-bond donors (Lipinski definition) is 0. The molecule has 5 heteroatoms. The zero-order valence-electron chi connectivity index (χ0n) is 11.8. The van der Waals surface area contributed by atoms with Crippen LogP contribution in [0, 0.1) is 23.2 Å². The minimum atomic E-state index is -0.258. The van der Waals surface area contributed by atoms with Crippen molar-refractivity contribution >= 4 is 28.2 Å². The first-order valence-corrected chi connectivity index (χ1v) is 7.31. The van der Waals surface area contributed by atoms with E-state index in [-0.39, 0.29) is 23.4 Å². The zero-order valence-corrected chi connectivity index (χ0v) is 11.8. The van der Waals surface area contributed by atoms with E-state index in [2.05, 4.69) is 16.0 Å². The number of rotatable bonds is 1. The van der Waals surface area contributed by atoms with Gasteiger partial charge in [0.1, 0.15) is 6.07 Å². The van der Waals surface area contributed by atoms with Gasteiger partial charge < -0.3 is 4.90 Å². The molecule has 0 bridgehead atoms. The van der Waals surface area contributed by atoms with Gasteiger partial charge in [-0.25, -0.2) is 0 Å². The van der Waals surface area contributed by atoms with Gasteiger partial charge in [0.05, 0.1) is 22.7 Å². The maximum atomic E-state index is 11.7. The Morgan fingerprint density at radius 2 is 1.95 bits per heavy atom. The number of ketones is 2. The van der Waals surface area contributed by atoms with Crippen LogP contribution in [-0.4, -0.2) is 29.6 Å². The van der Waals surface area contributed by atoms with Crippen LogP contribution in [0.2, 0.25) is 0 Å². The van der Waals surface area contributed by atoms with Crippen LogP contribution >= 0.6 is 0 Å². The second-order valence-electron chi connectivity index (χ2n) is 5.83. The van der Waals surface area contributed by atoms with E-state index in [1.165, 1.54) is 0 Å². The Morgan fingerprint density at radius 1 is 1.18 bits per heavy atom. The Labute approximate surface area is 127 Å². The fraction of sp³-hybridized carbons (Fsp3) is 0.294. The van der Waals surface area contributed by atoms with Crippen molar-refractivity contribution in [1.29, 1.82) is 5.26 Å². The van der Waals surface area contributed by atoms with Gasteiger partial charge in [0.2, 0.25) is 11.6 Å². The molecule has 1 aromatic heterocycles. The maximum absolute atomic E-state index is 11.7. The average molecular weight is 291 g/mol. The summed E-state index contributed by atoms with van der Waals surface area (Å²) in [6, 6.07) is 9.87. The molecule has 0 N–H and O–H groups in total. The van der Waals surface area contributed by atoms with Crippen LogP contribution in [0.5, 0.6) is 0 Å². The molecule has 0 unspecified atom stereocenters. The summed E-state index contributed by atoms with van der Waals surface area (Å²) in [6.45, 7) is 1.20. The minimum Gasteiger partial charge on any atom is -0.369 e. The number of pyridine rings is 1. The van der Waals surface area contributed by atoms with Gasteiger partial charge in [-0.1, -0.05) is 18.2 Å². The number of benzene rings is 1. The van der Waals surface area contributed by atoms with Gasteiger partial charge in [-0.15, -0.1) is 0 Å². The first kappa shape index (κ1) is 13.0. The Bertz CT molecular complexity index is 853. The quantitative estimate of drug-likeness (QED) is 0.748. The van der Waals surface area contributed by atoms with E-state index in [1.54, 1.807) is 6.20 Å². The molecule has 0 spiro atoms. The van der Waals surface area contributed by atoms with Gasteiger partial charge in [-0.2, -0.15) is 5.26 Å². The smallest absolute Gasteiger partial charge is 0.204 e. The van der Waals surface area contributed by atoms with Gasteiger partial charge in [0.25, 0.3) is 0 Å². The number of aromatic nitrogens is 1. The van der Waals surface area contributed by atoms with Gasteiger partial charge in [0.15, 0.2) is 0 Å². The number of fused-ring (bicyclic) bond motifs is 2. The normalized spacial score (nSPS) is 23.9. The van der Waals surface area contributed by atoms with Crippen LogP contribution < -0.4 is 4.90 Å². The number of hydrogen-bond acceptors (Lipinski definition) is 5. The lowest BCUT2D eigenvalue weighted by molar-refractivity contribution is -0.153. The molecule has 0 radical (unpaired) electrons. The lowest BCUT2D eigenvalue weighted by Gasteiger charge is -2.43. The Hall–Kier alpha value is -2.74. The van der Waals surface area contributed by atoms with Crippen molar-refractivity contribution in [2.45, 2.75) is 6.42 Å². The highest BCUT2D eigenvalue weighted by molar-refractivity contribution is 6.45. The van der Waals surface area contributed by atoms with Gasteiger partial charge in [0, 0.05) is 30.6 Å². The molecule has 22 heavy (non-hydrogen) atoms. The molecule has 1 saturated carbocycles. The summed E-state index contributed by atoms with van der Waals surface area (Å²) < 4.78 is 0. The highest BCUT2D eigenvalue weighted by atomic mass is 16.2. The topological polar surface area (TPSA) is 74.1 Å². The molecule has 5 nitrogen and oxygen atoms in total. The molecule has 2 atom stereocenters. The van der Waals surface area contributed by atoms with Gasteiger partial charge in [-0.05, 0) is 12.5 Å². The highest BCUT2D eigenvalue weighted by Crippen LogP contribution is 2.39. The van der Waals surface area contributed by atoms with E-state index >= 15 is 0 Å². The number of piperidine rings is 1. The first-order valence-electron chi connectivity index (χ1n) is 7.31. The fourth-order valence-electron chi connectivity index (χ4n) is 3.55. The van der Waals surface area contributed by atoms with E-state index in [0.29, 0.717) is 25.1 Å². The number of nitriles is 1. The Kier molecular flexibility index (Phi) is 2.73. The number of nitrogens with zero attached hydrogens (tertiary/aromatic N) is 3. The van der Waals surface area contributed by atoms with Crippen molar-refractivity contribution in [3.63, 3.8) is 0 Å². The van der Waals surface area contributed by atoms with E-state index in [1.807, 2.05) is 24.3 Å². The molecule has 1 aromatic carbocycles. The lowest BCUT2D eigenvalue weighted by atomic mass is 9.67. The lowest BCUT2D eigenvalue weighted by Crippen LogP contribution is -2.57. The predicted molar refractivity (Wildman–Crippen MR) is 80.3 cm³/mol. The number of carbonyl (C=O) groups excluding carboxylic acids is 2. The van der Waals surface area contributed by atoms with Crippen LogP contribution in [0.1, 0.15) is 12.0 Å². The van der Waals surface area contributed by atoms with Crippen molar-refractivity contribution in [2.24, 2.45) is 11.8 Å². The van der Waals surface area contributed by atoms with Crippen molar-refractivity contribution in [3.05, 3.63) is 36.0 Å². The van der Waals surface area contributed by atoms with Crippen molar-refractivity contribution in [3.8, 4) is 6.07 Å². The Balaban J connectivity index is 1.79. The number of carbonyl (C=O) groups is 2. The number of para-hydroxylation sites is 1. The molecule has 2 heterocycles. The van der Waals surface area contributed by atoms with Crippen molar-refractivity contribution in [2.75, 3.05) is 18.0 Å². The van der Waals surface area contributed by atoms with Crippen molar-refractivity contribution in [1.82, 2.24) is 4.98 Å². The van der Waals surface area contributed by atoms with Crippen molar-refractivity contribution < 1.29 is 9.59 Å². The van der Waals surface area contributed by atoms with Crippen LogP contribution in [0.4, 0.5) is 5.69 Å². The number of Topliss-reactive ketones (excluding diaryl/α,β-unsaturated/α-hetero) is 2. The molecule has 2 aromatic rings. The second-order valence-corrected chi connectivity index (χ2v) is 5.83. The molecule has 2 fully saturated rings. The van der Waals surface area contributed by atoms with Gasteiger partial charge >= 0.3 is 0 Å². The molecular weight excluding hydrogens is 278 g/mol. The minimum absolute atomic E-state index is 0.109. The molecule has 4 rings (SSSR count). The summed E-state index contributed by atoms with van der Waals surface area (Å²) in [5.41, 5.74) is 2.17. The molecule has 108 valence electrons. The van der Waals surface area contributed by atoms with E-state index in [4.69, 9.17) is 0 Å². The maximum Gasteiger partial charge on any atom is 0.204 e. The largest absolute Gasteiger partial charge is 0.369 e. The SMILES string of the molecule is N#Cc1cnc2ccccc2c1N1CC[C@H]2C(=O)C(=O)[C@H]2C1. The summed E-state index contributed by atoms with van der Waals surface area (Å²) in [4.78, 5) is 29.7. The molecule has 1 aliphatic carbocycles. The van der Waals surface area contributed by atoms with Crippen LogP contribution in [0.3, 0.4) is 0 Å². The zero-order chi connectivity index (χ0) is 15.3. The van der Waals surface area contributed by atoms with E-state index < -0.39 is 0 Å². The standard InChI is InChI=1S/C17H13N3O2/c18-7-10-8-19-14-4-2-1-3-12(14)15(10)20-6-5-11-13(9-20)17(22)16(11)21/h1-4,8,11,13H,5-6,9H2/t11-,13+/m1/s1. The molecule has 0 amide bonds. The molecule has 1 aliphatic heterocycles. The monoisotopic (exact) mass is 291 g/mol. The third kappa shape index (κ3) is 1.67. The summed E-state index contributed by atoms with van der Waals surface area (Å²) in [7, 11) is 0. The van der Waals surface area contributed by atoms with Gasteiger partial charge in [-0.3, -0.25) is 14.6 Å². The Morgan fingerprint density at radius 3 is 2.77 bits per heavy atom. The molecule has 2 aliphatic rings. The molecular formula is C17H13N3O2. The third-order valence-corrected chi connectivity index (χ3v) is 4.71. The average Bonchev–Trinajstić information content (AvgIpc) is 2.59. The summed E-state index contributed by atoms with van der Waals surface area (Å²) in [5.74, 6) is -0.793. The highest BCUT2D eigenvalue weighted by Gasteiger charge is 2.51. The second kappa shape index (κ2) is 4.63. The van der Waals surface area contributed by atoms with Crippen LogP contribution in [-0.2, 0) is 9.59 Å². The predicted octanol–water partition coefficient (Wildman–Crippen LogP) is 1.70. The third-order valence-electron chi connectivity index (χ3n) is 4.71.